The van der Waals surface area contributed by atoms with Gasteiger partial charge in [-0.2, -0.15) is 0 Å². The molecule has 0 radical (unpaired) electrons. The first kappa shape index (κ1) is 15.1. The minimum Gasteiger partial charge on any atom is -0.486 e. The van der Waals surface area contributed by atoms with E-state index >= 15 is 0 Å². The van der Waals surface area contributed by atoms with Crippen molar-refractivity contribution >= 4 is 11.6 Å². The number of fused-ring (bicyclic) bond motifs is 1. The second kappa shape index (κ2) is 6.55. The number of nitrogens with one attached hydrogen (secondary N) is 1. The van der Waals surface area contributed by atoms with E-state index in [0.717, 1.165) is 22.6 Å². The Morgan fingerprint density at radius 1 is 1.14 bits per heavy atom. The summed E-state index contributed by atoms with van der Waals surface area (Å²) in [5.74, 6) is 1.17. The number of benzene rings is 2. The van der Waals surface area contributed by atoms with Gasteiger partial charge in [0.05, 0.1) is 5.02 Å². The predicted octanol–water partition coefficient (Wildman–Crippen LogP) is 4.10. The van der Waals surface area contributed by atoms with Crippen LogP contribution in [0.5, 0.6) is 11.5 Å². The van der Waals surface area contributed by atoms with Crippen LogP contribution in [-0.2, 0) is 6.54 Å². The number of rotatable bonds is 4. The third-order valence-electron chi connectivity index (χ3n) is 3.66. The highest BCUT2D eigenvalue weighted by Gasteiger charge is 2.14. The van der Waals surface area contributed by atoms with Crippen molar-refractivity contribution in [1.29, 1.82) is 0 Å². The molecule has 1 unspecified atom stereocenters. The molecule has 1 aliphatic heterocycles. The summed E-state index contributed by atoms with van der Waals surface area (Å²) in [7, 11) is 0. The zero-order chi connectivity index (χ0) is 15.5. The third-order valence-corrected chi connectivity index (χ3v) is 3.95. The first-order valence-corrected chi connectivity index (χ1v) is 7.58. The average molecular weight is 322 g/mol. The summed E-state index contributed by atoms with van der Waals surface area (Å²) in [6.45, 7) is 3.84. The van der Waals surface area contributed by atoms with Gasteiger partial charge in [0.15, 0.2) is 11.5 Å². The Hall–Kier alpha value is -1.78. The lowest BCUT2D eigenvalue weighted by Crippen LogP contribution is -2.19. The van der Waals surface area contributed by atoms with Gasteiger partial charge in [-0.25, -0.2) is 4.39 Å². The number of hydrogen-bond donors (Lipinski definition) is 1. The smallest absolute Gasteiger partial charge is 0.161 e. The van der Waals surface area contributed by atoms with Gasteiger partial charge in [-0.3, -0.25) is 0 Å². The van der Waals surface area contributed by atoms with E-state index in [1.807, 2.05) is 18.2 Å². The van der Waals surface area contributed by atoms with Crippen LogP contribution in [0.15, 0.2) is 36.4 Å². The molecular formula is C17H17ClFNO2. The van der Waals surface area contributed by atoms with Crippen molar-refractivity contribution in [3.05, 3.63) is 58.4 Å². The van der Waals surface area contributed by atoms with Gasteiger partial charge >= 0.3 is 0 Å². The second-order valence-corrected chi connectivity index (χ2v) is 5.66. The summed E-state index contributed by atoms with van der Waals surface area (Å²) in [5, 5.41) is 3.54. The van der Waals surface area contributed by atoms with Gasteiger partial charge < -0.3 is 14.8 Å². The highest BCUT2D eigenvalue weighted by atomic mass is 35.5. The summed E-state index contributed by atoms with van der Waals surface area (Å²) in [4.78, 5) is 0. The molecule has 0 amide bonds. The van der Waals surface area contributed by atoms with Gasteiger partial charge in [0.25, 0.3) is 0 Å². The average Bonchev–Trinajstić information content (AvgIpc) is 2.55. The Labute approximate surface area is 134 Å². The lowest BCUT2D eigenvalue weighted by Gasteiger charge is -2.21. The molecule has 2 aromatic carbocycles. The van der Waals surface area contributed by atoms with E-state index in [1.165, 1.54) is 6.07 Å². The zero-order valence-corrected chi connectivity index (χ0v) is 13.0. The van der Waals surface area contributed by atoms with E-state index in [2.05, 4.69) is 12.2 Å². The third kappa shape index (κ3) is 3.34. The quantitative estimate of drug-likeness (QED) is 0.919. The monoisotopic (exact) mass is 321 g/mol. The van der Waals surface area contributed by atoms with Crippen LogP contribution in [0.4, 0.5) is 4.39 Å². The van der Waals surface area contributed by atoms with Crippen LogP contribution in [0.1, 0.15) is 24.1 Å². The number of halogens is 2. The molecule has 0 aliphatic carbocycles. The topological polar surface area (TPSA) is 30.5 Å². The molecule has 3 nitrogen and oxygen atoms in total. The molecular weight excluding hydrogens is 305 g/mol. The standard InChI is InChI=1S/C17H17ClFNO2/c1-11(20-10-12-2-4-15(19)14(18)8-12)13-3-5-16-17(9-13)22-7-6-21-16/h2-5,8-9,11,20H,6-7,10H2,1H3. The number of ether oxygens (including phenoxy) is 2. The maximum atomic E-state index is 13.1. The largest absolute Gasteiger partial charge is 0.486 e. The van der Waals surface area contributed by atoms with Crippen molar-refractivity contribution in [2.24, 2.45) is 0 Å². The summed E-state index contributed by atoms with van der Waals surface area (Å²) < 4.78 is 24.3. The van der Waals surface area contributed by atoms with Crippen LogP contribution in [0, 0.1) is 5.82 Å². The normalized spacial score (nSPS) is 14.7. The minimum atomic E-state index is -0.398. The van der Waals surface area contributed by atoms with Gasteiger partial charge in [-0.1, -0.05) is 23.7 Å². The van der Waals surface area contributed by atoms with Crippen LogP contribution >= 0.6 is 11.6 Å². The Morgan fingerprint density at radius 3 is 2.68 bits per heavy atom. The Morgan fingerprint density at radius 2 is 1.91 bits per heavy atom. The van der Waals surface area contributed by atoms with Gasteiger partial charge in [-0.05, 0) is 42.3 Å². The first-order valence-electron chi connectivity index (χ1n) is 7.20. The van der Waals surface area contributed by atoms with E-state index in [9.17, 15) is 4.39 Å². The molecule has 0 saturated heterocycles. The SMILES string of the molecule is CC(NCc1ccc(F)c(Cl)c1)c1ccc2c(c1)OCCO2. The molecule has 0 saturated carbocycles. The van der Waals surface area contributed by atoms with Gasteiger partial charge in [0.2, 0.25) is 0 Å². The molecule has 1 heterocycles. The van der Waals surface area contributed by atoms with Crippen molar-refractivity contribution in [3.63, 3.8) is 0 Å². The van der Waals surface area contributed by atoms with E-state index in [-0.39, 0.29) is 11.1 Å². The highest BCUT2D eigenvalue weighted by molar-refractivity contribution is 6.30. The summed E-state index contributed by atoms with van der Waals surface area (Å²) in [5.41, 5.74) is 2.05. The highest BCUT2D eigenvalue weighted by Crippen LogP contribution is 2.32. The van der Waals surface area contributed by atoms with Gasteiger partial charge in [0, 0.05) is 12.6 Å². The van der Waals surface area contributed by atoms with Crippen LogP contribution in [-0.4, -0.2) is 13.2 Å². The molecule has 0 fully saturated rings. The van der Waals surface area contributed by atoms with Crippen molar-refractivity contribution in [1.82, 2.24) is 5.32 Å². The number of hydrogen-bond acceptors (Lipinski definition) is 3. The fourth-order valence-corrected chi connectivity index (χ4v) is 2.57. The van der Waals surface area contributed by atoms with Crippen LogP contribution in [0.2, 0.25) is 5.02 Å². The lowest BCUT2D eigenvalue weighted by atomic mass is 10.1. The molecule has 1 atom stereocenters. The summed E-state index contributed by atoms with van der Waals surface area (Å²) in [6, 6.07) is 10.8. The first-order chi connectivity index (χ1) is 10.6. The molecule has 1 N–H and O–H groups in total. The van der Waals surface area contributed by atoms with Crippen LogP contribution < -0.4 is 14.8 Å². The molecule has 0 spiro atoms. The Balaban J connectivity index is 1.66. The molecule has 22 heavy (non-hydrogen) atoms. The zero-order valence-electron chi connectivity index (χ0n) is 12.2. The van der Waals surface area contributed by atoms with Gasteiger partial charge in [-0.15, -0.1) is 0 Å². The predicted molar refractivity (Wildman–Crippen MR) is 84.1 cm³/mol. The van der Waals surface area contributed by atoms with Crippen LogP contribution in [0.25, 0.3) is 0 Å². The molecule has 1 aliphatic rings. The fraction of sp³-hybridized carbons (Fsp3) is 0.294. The van der Waals surface area contributed by atoms with Crippen LogP contribution in [0.3, 0.4) is 0 Å². The Bertz CT molecular complexity index is 678. The Kier molecular flexibility index (Phi) is 4.50. The molecule has 116 valence electrons. The van der Waals surface area contributed by atoms with E-state index in [0.29, 0.717) is 19.8 Å². The van der Waals surface area contributed by atoms with Crippen molar-refractivity contribution in [2.75, 3.05) is 13.2 Å². The van der Waals surface area contributed by atoms with Gasteiger partial charge in [0.1, 0.15) is 19.0 Å². The minimum absolute atomic E-state index is 0.125. The summed E-state index contributed by atoms with van der Waals surface area (Å²) >= 11 is 5.79. The van der Waals surface area contributed by atoms with Crippen molar-refractivity contribution in [2.45, 2.75) is 19.5 Å². The van der Waals surface area contributed by atoms with Crippen molar-refractivity contribution in [3.8, 4) is 11.5 Å². The maximum absolute atomic E-state index is 13.1. The molecule has 3 rings (SSSR count). The van der Waals surface area contributed by atoms with E-state index in [4.69, 9.17) is 21.1 Å². The molecule has 5 heteroatoms. The van der Waals surface area contributed by atoms with Crippen molar-refractivity contribution < 1.29 is 13.9 Å². The lowest BCUT2D eigenvalue weighted by molar-refractivity contribution is 0.171. The van der Waals surface area contributed by atoms with E-state index in [1.54, 1.807) is 12.1 Å². The maximum Gasteiger partial charge on any atom is 0.161 e. The molecule has 2 aromatic rings. The summed E-state index contributed by atoms with van der Waals surface area (Å²) in [6.07, 6.45) is 0. The molecule has 0 bridgehead atoms. The van der Waals surface area contributed by atoms with E-state index < -0.39 is 5.82 Å². The second-order valence-electron chi connectivity index (χ2n) is 5.25. The fourth-order valence-electron chi connectivity index (χ4n) is 2.37. The molecule has 0 aromatic heterocycles.